The number of esters is 1. The Morgan fingerprint density at radius 3 is 2.63 bits per heavy atom. The highest BCUT2D eigenvalue weighted by Gasteiger charge is 2.10. The lowest BCUT2D eigenvalue weighted by atomic mass is 10.2. The molecule has 19 heavy (non-hydrogen) atoms. The van der Waals surface area contributed by atoms with Crippen LogP contribution in [0.4, 0.5) is 5.82 Å². The molecule has 0 aromatic carbocycles. The van der Waals surface area contributed by atoms with Crippen molar-refractivity contribution < 1.29 is 9.53 Å². The zero-order valence-corrected chi connectivity index (χ0v) is 10.9. The van der Waals surface area contributed by atoms with Crippen LogP contribution in [0.5, 0.6) is 0 Å². The number of rotatable bonds is 4. The van der Waals surface area contributed by atoms with E-state index in [-0.39, 0.29) is 5.97 Å². The third-order valence-electron chi connectivity index (χ3n) is 2.71. The van der Waals surface area contributed by atoms with Crippen molar-refractivity contribution in [2.75, 3.05) is 12.4 Å². The molecule has 2 aromatic heterocycles. The minimum absolute atomic E-state index is 0.370. The van der Waals surface area contributed by atoms with Gasteiger partial charge in [-0.05, 0) is 36.8 Å². The molecule has 0 amide bonds. The topological polar surface area (TPSA) is 64.1 Å². The number of carbonyl (C=O) groups excluding carboxylic acids is 1. The van der Waals surface area contributed by atoms with E-state index < -0.39 is 0 Å². The molecule has 0 bridgehead atoms. The summed E-state index contributed by atoms with van der Waals surface area (Å²) in [6.07, 6.45) is 3.49. The van der Waals surface area contributed by atoms with E-state index in [9.17, 15) is 4.79 Å². The number of anilines is 1. The van der Waals surface area contributed by atoms with Crippen molar-refractivity contribution in [2.45, 2.75) is 13.5 Å². The van der Waals surface area contributed by atoms with E-state index in [2.05, 4.69) is 20.0 Å². The van der Waals surface area contributed by atoms with Gasteiger partial charge in [0.2, 0.25) is 0 Å². The Kier molecular flexibility index (Phi) is 4.07. The van der Waals surface area contributed by atoms with Crippen LogP contribution in [0.3, 0.4) is 0 Å². The van der Waals surface area contributed by atoms with E-state index in [1.165, 1.54) is 7.11 Å². The van der Waals surface area contributed by atoms with Crippen LogP contribution in [0.15, 0.2) is 36.7 Å². The second-order valence-electron chi connectivity index (χ2n) is 4.03. The van der Waals surface area contributed by atoms with Gasteiger partial charge in [0.05, 0.1) is 18.4 Å². The van der Waals surface area contributed by atoms with Gasteiger partial charge in [-0.3, -0.25) is 4.98 Å². The molecule has 0 unspecified atom stereocenters. The lowest BCUT2D eigenvalue weighted by Gasteiger charge is -2.08. The number of methoxy groups -OCH3 is 1. The number of pyridine rings is 2. The van der Waals surface area contributed by atoms with Gasteiger partial charge >= 0.3 is 5.97 Å². The van der Waals surface area contributed by atoms with E-state index in [0.717, 1.165) is 11.4 Å². The van der Waals surface area contributed by atoms with Crippen molar-refractivity contribution >= 4 is 11.8 Å². The molecular weight excluding hydrogens is 242 g/mol. The first-order valence-corrected chi connectivity index (χ1v) is 5.89. The number of hydrogen-bond acceptors (Lipinski definition) is 5. The summed E-state index contributed by atoms with van der Waals surface area (Å²) in [4.78, 5) is 19.7. The minimum Gasteiger partial charge on any atom is -0.465 e. The highest BCUT2D eigenvalue weighted by Crippen LogP contribution is 2.12. The van der Waals surface area contributed by atoms with Gasteiger partial charge in [-0.1, -0.05) is 0 Å². The molecule has 5 nitrogen and oxygen atoms in total. The molecule has 0 atom stereocenters. The predicted molar refractivity (Wildman–Crippen MR) is 71.9 cm³/mol. The molecule has 0 aliphatic carbocycles. The van der Waals surface area contributed by atoms with Crippen LogP contribution in [0, 0.1) is 6.92 Å². The molecule has 2 heterocycles. The molecule has 0 saturated heterocycles. The molecule has 0 aliphatic rings. The predicted octanol–water partition coefficient (Wildman–Crippen LogP) is 2.18. The average molecular weight is 257 g/mol. The third-order valence-corrected chi connectivity index (χ3v) is 2.71. The van der Waals surface area contributed by atoms with E-state index in [1.54, 1.807) is 31.5 Å². The van der Waals surface area contributed by atoms with Crippen molar-refractivity contribution in [3.05, 3.63) is 53.5 Å². The summed E-state index contributed by atoms with van der Waals surface area (Å²) in [6, 6.07) is 7.34. The number of carbonyl (C=O) groups is 1. The summed E-state index contributed by atoms with van der Waals surface area (Å²) in [7, 11) is 1.36. The van der Waals surface area contributed by atoms with E-state index in [4.69, 9.17) is 0 Å². The van der Waals surface area contributed by atoms with Gasteiger partial charge in [0, 0.05) is 18.9 Å². The normalized spacial score (nSPS) is 10.0. The summed E-state index contributed by atoms with van der Waals surface area (Å²) < 4.78 is 4.68. The third kappa shape index (κ3) is 3.28. The van der Waals surface area contributed by atoms with Crippen LogP contribution < -0.4 is 5.32 Å². The fraction of sp³-hybridized carbons (Fsp3) is 0.214. The van der Waals surface area contributed by atoms with E-state index in [1.807, 2.05) is 12.1 Å². The van der Waals surface area contributed by atoms with Gasteiger partial charge in [0.1, 0.15) is 5.82 Å². The number of aromatic nitrogens is 2. The molecule has 98 valence electrons. The number of ether oxygens (including phenoxy) is 1. The van der Waals surface area contributed by atoms with Crippen molar-refractivity contribution in [3.63, 3.8) is 0 Å². The highest BCUT2D eigenvalue weighted by molar-refractivity contribution is 5.90. The fourth-order valence-electron chi connectivity index (χ4n) is 1.68. The Labute approximate surface area is 111 Å². The summed E-state index contributed by atoms with van der Waals surface area (Å²) in [6.45, 7) is 2.44. The molecule has 0 aliphatic heterocycles. The first kappa shape index (κ1) is 13.0. The maximum Gasteiger partial charge on any atom is 0.339 e. The zero-order chi connectivity index (χ0) is 13.7. The first-order chi connectivity index (χ1) is 9.20. The Balaban J connectivity index is 2.06. The highest BCUT2D eigenvalue weighted by atomic mass is 16.5. The number of aryl methyl sites for hydroxylation is 1. The van der Waals surface area contributed by atoms with Crippen molar-refractivity contribution in [2.24, 2.45) is 0 Å². The molecule has 0 saturated carbocycles. The first-order valence-electron chi connectivity index (χ1n) is 5.89. The summed E-state index contributed by atoms with van der Waals surface area (Å²) in [5.74, 6) is 0.354. The molecule has 2 rings (SSSR count). The molecule has 0 spiro atoms. The number of hydrogen-bond donors (Lipinski definition) is 1. The Morgan fingerprint density at radius 2 is 2.00 bits per heavy atom. The van der Waals surface area contributed by atoms with Crippen LogP contribution in [-0.2, 0) is 11.3 Å². The van der Waals surface area contributed by atoms with E-state index in [0.29, 0.717) is 17.8 Å². The molecular formula is C14H15N3O2. The van der Waals surface area contributed by atoms with Gasteiger partial charge in [-0.2, -0.15) is 0 Å². The standard InChI is InChI=1S/C14H15N3O2/c1-10-12(14(18)19-2)3-4-13(17-10)16-9-11-5-7-15-8-6-11/h3-8H,9H2,1-2H3,(H,16,17). The molecule has 0 fully saturated rings. The van der Waals surface area contributed by atoms with Gasteiger partial charge in [-0.25, -0.2) is 9.78 Å². The molecule has 2 aromatic rings. The number of nitrogens with one attached hydrogen (secondary N) is 1. The maximum absolute atomic E-state index is 11.4. The van der Waals surface area contributed by atoms with Crippen molar-refractivity contribution in [1.29, 1.82) is 0 Å². The summed E-state index contributed by atoms with van der Waals surface area (Å²) in [5.41, 5.74) is 2.25. The van der Waals surface area contributed by atoms with Crippen LogP contribution in [0.25, 0.3) is 0 Å². The lowest BCUT2D eigenvalue weighted by molar-refractivity contribution is 0.0599. The molecule has 1 N–H and O–H groups in total. The Hall–Kier alpha value is -2.43. The second kappa shape index (κ2) is 5.95. The molecule has 0 radical (unpaired) electrons. The zero-order valence-electron chi connectivity index (χ0n) is 10.9. The van der Waals surface area contributed by atoms with Crippen LogP contribution in [0.2, 0.25) is 0 Å². The maximum atomic E-state index is 11.4. The van der Waals surface area contributed by atoms with Gasteiger partial charge in [-0.15, -0.1) is 0 Å². The lowest BCUT2D eigenvalue weighted by Crippen LogP contribution is -2.08. The minimum atomic E-state index is -0.370. The Bertz CT molecular complexity index is 570. The Morgan fingerprint density at radius 1 is 1.26 bits per heavy atom. The smallest absolute Gasteiger partial charge is 0.339 e. The largest absolute Gasteiger partial charge is 0.465 e. The summed E-state index contributed by atoms with van der Waals surface area (Å²) in [5, 5.41) is 3.19. The van der Waals surface area contributed by atoms with E-state index >= 15 is 0 Å². The van der Waals surface area contributed by atoms with Crippen molar-refractivity contribution in [3.8, 4) is 0 Å². The van der Waals surface area contributed by atoms with Crippen molar-refractivity contribution in [1.82, 2.24) is 9.97 Å². The molecule has 5 heteroatoms. The second-order valence-corrected chi connectivity index (χ2v) is 4.03. The van der Waals surface area contributed by atoms with Gasteiger partial charge in [0.25, 0.3) is 0 Å². The van der Waals surface area contributed by atoms with Crippen LogP contribution >= 0.6 is 0 Å². The SMILES string of the molecule is COC(=O)c1ccc(NCc2ccncc2)nc1C. The van der Waals surface area contributed by atoms with Crippen LogP contribution in [-0.4, -0.2) is 23.0 Å². The van der Waals surface area contributed by atoms with Gasteiger partial charge < -0.3 is 10.1 Å². The quantitative estimate of drug-likeness (QED) is 0.850. The fourth-order valence-corrected chi connectivity index (χ4v) is 1.68. The van der Waals surface area contributed by atoms with Crippen LogP contribution in [0.1, 0.15) is 21.6 Å². The average Bonchev–Trinajstić information content (AvgIpc) is 2.45. The summed E-state index contributed by atoms with van der Waals surface area (Å²) >= 11 is 0. The monoisotopic (exact) mass is 257 g/mol. The number of nitrogens with zero attached hydrogens (tertiary/aromatic N) is 2. The van der Waals surface area contributed by atoms with Gasteiger partial charge in [0.15, 0.2) is 0 Å².